The first-order valence-electron chi connectivity index (χ1n) is 6.16. The van der Waals surface area contributed by atoms with Crippen LogP contribution in [-0.4, -0.2) is 10.9 Å². The van der Waals surface area contributed by atoms with E-state index in [-0.39, 0.29) is 6.04 Å². The molecule has 1 aromatic carbocycles. The first-order chi connectivity index (χ1) is 9.38. The molecular formula is C13H13N5S. The number of hydrogen-bond acceptors (Lipinski definition) is 4. The minimum atomic E-state index is -0.113. The van der Waals surface area contributed by atoms with Crippen molar-refractivity contribution in [2.24, 2.45) is 5.11 Å². The van der Waals surface area contributed by atoms with Crippen molar-refractivity contribution in [1.29, 1.82) is 0 Å². The fourth-order valence-corrected chi connectivity index (χ4v) is 3.14. The van der Waals surface area contributed by atoms with E-state index >= 15 is 0 Å². The fourth-order valence-electron chi connectivity index (χ4n) is 2.39. The van der Waals surface area contributed by atoms with Crippen LogP contribution in [0.2, 0.25) is 0 Å². The largest absolute Gasteiger partial charge is 0.365 e. The third-order valence-corrected chi connectivity index (χ3v) is 3.94. The topological polar surface area (TPSA) is 64.9 Å². The number of rotatable bonds is 3. The van der Waals surface area contributed by atoms with Crippen molar-refractivity contribution >= 4 is 17.2 Å². The van der Waals surface area contributed by atoms with Gasteiger partial charge in [-0.2, -0.15) is 4.37 Å². The lowest BCUT2D eigenvalue weighted by Gasteiger charge is -2.31. The highest BCUT2D eigenvalue weighted by atomic mass is 32.1. The van der Waals surface area contributed by atoms with Crippen molar-refractivity contribution < 1.29 is 0 Å². The standard InChI is InChI=1S/C13H13N5S/c14-17-15-11-6-7-18(12-9-19-16-13(11)12)8-10-4-2-1-3-5-10/h1-5,9,11H,6-8H2. The lowest BCUT2D eigenvalue weighted by atomic mass is 10.0. The molecule has 1 atom stereocenters. The van der Waals surface area contributed by atoms with Gasteiger partial charge in [0.1, 0.15) is 0 Å². The van der Waals surface area contributed by atoms with E-state index in [1.165, 1.54) is 17.1 Å². The van der Waals surface area contributed by atoms with E-state index in [1.807, 2.05) is 11.4 Å². The smallest absolute Gasteiger partial charge is 0.0865 e. The van der Waals surface area contributed by atoms with Crippen molar-refractivity contribution in [3.8, 4) is 0 Å². The molecule has 0 fully saturated rings. The second kappa shape index (κ2) is 5.30. The third kappa shape index (κ3) is 2.41. The van der Waals surface area contributed by atoms with Gasteiger partial charge in [0.2, 0.25) is 0 Å². The molecule has 0 bridgehead atoms. The summed E-state index contributed by atoms with van der Waals surface area (Å²) in [5.74, 6) is 0. The van der Waals surface area contributed by atoms with Crippen molar-refractivity contribution in [2.75, 3.05) is 11.4 Å². The highest BCUT2D eigenvalue weighted by molar-refractivity contribution is 7.04. The van der Waals surface area contributed by atoms with Crippen LogP contribution in [-0.2, 0) is 6.54 Å². The van der Waals surface area contributed by atoms with Crippen LogP contribution in [0.3, 0.4) is 0 Å². The molecule has 0 N–H and O–H groups in total. The molecule has 5 nitrogen and oxygen atoms in total. The molecule has 1 aromatic heterocycles. The van der Waals surface area contributed by atoms with Crippen molar-refractivity contribution in [3.63, 3.8) is 0 Å². The van der Waals surface area contributed by atoms with E-state index in [9.17, 15) is 0 Å². The maximum atomic E-state index is 8.60. The first kappa shape index (κ1) is 12.0. The molecule has 6 heteroatoms. The molecule has 0 aliphatic carbocycles. The van der Waals surface area contributed by atoms with Crippen LogP contribution >= 0.6 is 11.5 Å². The number of aromatic nitrogens is 1. The average molecular weight is 271 g/mol. The number of hydrogen-bond donors (Lipinski definition) is 0. The Balaban J connectivity index is 1.86. The van der Waals surface area contributed by atoms with Gasteiger partial charge in [-0.05, 0) is 29.0 Å². The molecule has 1 aliphatic heterocycles. The van der Waals surface area contributed by atoms with E-state index in [1.54, 1.807) is 0 Å². The summed E-state index contributed by atoms with van der Waals surface area (Å²) in [6.07, 6.45) is 0.827. The maximum absolute atomic E-state index is 8.60. The Morgan fingerprint density at radius 3 is 3.05 bits per heavy atom. The van der Waals surface area contributed by atoms with Gasteiger partial charge in [0.25, 0.3) is 0 Å². The van der Waals surface area contributed by atoms with Crippen LogP contribution in [0.15, 0.2) is 40.8 Å². The molecule has 0 saturated heterocycles. The van der Waals surface area contributed by atoms with Crippen molar-refractivity contribution in [1.82, 2.24) is 4.37 Å². The van der Waals surface area contributed by atoms with Crippen LogP contribution in [0.1, 0.15) is 23.7 Å². The van der Waals surface area contributed by atoms with Gasteiger partial charge in [0.05, 0.1) is 17.4 Å². The summed E-state index contributed by atoms with van der Waals surface area (Å²) in [6.45, 7) is 1.76. The fraction of sp³-hybridized carbons (Fsp3) is 0.308. The van der Waals surface area contributed by atoms with Crippen LogP contribution in [0.5, 0.6) is 0 Å². The predicted octanol–water partition coefficient (Wildman–Crippen LogP) is 3.90. The molecule has 0 radical (unpaired) electrons. The zero-order chi connectivity index (χ0) is 13.1. The summed E-state index contributed by atoms with van der Waals surface area (Å²) in [7, 11) is 0. The maximum Gasteiger partial charge on any atom is 0.0865 e. The van der Waals surface area contributed by atoms with Gasteiger partial charge in [0.15, 0.2) is 0 Å². The summed E-state index contributed by atoms with van der Waals surface area (Å²) >= 11 is 1.42. The molecule has 0 spiro atoms. The SMILES string of the molecule is [N-]=[N+]=NC1CCN(Cc2ccccc2)c2csnc21. The summed E-state index contributed by atoms with van der Waals surface area (Å²) in [5, 5.41) is 5.88. The van der Waals surface area contributed by atoms with Gasteiger partial charge in [-0.25, -0.2) is 0 Å². The molecule has 2 aromatic rings. The van der Waals surface area contributed by atoms with E-state index < -0.39 is 0 Å². The molecular weight excluding hydrogens is 258 g/mol. The summed E-state index contributed by atoms with van der Waals surface area (Å²) in [6, 6.07) is 10.3. The van der Waals surface area contributed by atoms with Crippen LogP contribution in [0.25, 0.3) is 10.4 Å². The zero-order valence-electron chi connectivity index (χ0n) is 10.3. The van der Waals surface area contributed by atoms with Crippen molar-refractivity contribution in [3.05, 3.63) is 57.4 Å². The summed E-state index contributed by atoms with van der Waals surface area (Å²) < 4.78 is 4.38. The average Bonchev–Trinajstić information content (AvgIpc) is 2.93. The Bertz CT molecular complexity index is 603. The lowest BCUT2D eigenvalue weighted by Crippen LogP contribution is -2.29. The Kier molecular flexibility index (Phi) is 3.35. The third-order valence-electron chi connectivity index (χ3n) is 3.31. The zero-order valence-corrected chi connectivity index (χ0v) is 11.1. The number of nitrogens with zero attached hydrogens (tertiary/aromatic N) is 5. The van der Waals surface area contributed by atoms with Gasteiger partial charge in [-0.3, -0.25) is 0 Å². The Morgan fingerprint density at radius 1 is 1.42 bits per heavy atom. The number of fused-ring (bicyclic) bond motifs is 1. The first-order valence-corrected chi connectivity index (χ1v) is 6.99. The summed E-state index contributed by atoms with van der Waals surface area (Å²) in [4.78, 5) is 5.22. The Morgan fingerprint density at radius 2 is 2.26 bits per heavy atom. The molecule has 0 amide bonds. The van der Waals surface area contributed by atoms with Crippen molar-refractivity contribution in [2.45, 2.75) is 19.0 Å². The van der Waals surface area contributed by atoms with Gasteiger partial charge in [-0.15, -0.1) is 0 Å². The summed E-state index contributed by atoms with van der Waals surface area (Å²) in [5.41, 5.74) is 11.9. The molecule has 96 valence electrons. The molecule has 3 rings (SSSR count). The molecule has 1 aliphatic rings. The van der Waals surface area contributed by atoms with E-state index in [4.69, 9.17) is 5.53 Å². The van der Waals surface area contributed by atoms with Gasteiger partial charge < -0.3 is 4.90 Å². The molecule has 1 unspecified atom stereocenters. The number of azide groups is 1. The minimum Gasteiger partial charge on any atom is -0.365 e. The quantitative estimate of drug-likeness (QED) is 0.482. The Labute approximate surface area is 115 Å². The second-order valence-corrected chi connectivity index (χ2v) is 5.13. The highest BCUT2D eigenvalue weighted by Crippen LogP contribution is 2.37. The highest BCUT2D eigenvalue weighted by Gasteiger charge is 2.26. The van der Waals surface area contributed by atoms with E-state index in [2.05, 4.69) is 43.6 Å². The molecule has 2 heterocycles. The normalized spacial score (nSPS) is 17.7. The number of benzene rings is 1. The lowest BCUT2D eigenvalue weighted by molar-refractivity contribution is 0.579. The second-order valence-electron chi connectivity index (χ2n) is 4.50. The van der Waals surface area contributed by atoms with E-state index in [0.29, 0.717) is 0 Å². The molecule has 19 heavy (non-hydrogen) atoms. The van der Waals surface area contributed by atoms with Gasteiger partial charge in [-0.1, -0.05) is 35.4 Å². The van der Waals surface area contributed by atoms with Crippen LogP contribution < -0.4 is 4.90 Å². The van der Waals surface area contributed by atoms with Crippen LogP contribution in [0, 0.1) is 0 Å². The monoisotopic (exact) mass is 271 g/mol. The van der Waals surface area contributed by atoms with Gasteiger partial charge in [0, 0.05) is 23.4 Å². The van der Waals surface area contributed by atoms with E-state index in [0.717, 1.165) is 30.9 Å². The van der Waals surface area contributed by atoms with Gasteiger partial charge >= 0.3 is 0 Å². The Hall–Kier alpha value is -2.04. The van der Waals surface area contributed by atoms with Crippen LogP contribution in [0.4, 0.5) is 5.69 Å². The predicted molar refractivity (Wildman–Crippen MR) is 76.1 cm³/mol. The minimum absolute atomic E-state index is 0.113. The number of anilines is 1. The molecule has 0 saturated carbocycles.